The zero-order chi connectivity index (χ0) is 4.41. The molecular weight excluding hydrogens is 89.0 g/mol. The Balaban J connectivity index is 0.000000360. The molecular formula is C3H2LiNO2. The van der Waals surface area contributed by atoms with E-state index in [1.54, 1.807) is 0 Å². The van der Waals surface area contributed by atoms with Crippen molar-refractivity contribution in [2.24, 2.45) is 4.99 Å². The first-order valence-electron chi connectivity index (χ1n) is 1.50. The number of amides is 1. The Kier molecular flexibility index (Phi) is 2.73. The van der Waals surface area contributed by atoms with Crippen LogP contribution >= 0.6 is 0 Å². The van der Waals surface area contributed by atoms with Gasteiger partial charge in [-0.15, -0.1) is 0 Å². The van der Waals surface area contributed by atoms with E-state index in [-0.39, 0.29) is 31.4 Å². The number of rotatable bonds is 0. The first-order valence-corrected chi connectivity index (χ1v) is 1.50. The minimum absolute atomic E-state index is 0. The second-order valence-corrected chi connectivity index (χ2v) is 0.886. The van der Waals surface area contributed by atoms with Gasteiger partial charge in [-0.2, -0.15) is 0 Å². The van der Waals surface area contributed by atoms with Crippen molar-refractivity contribution >= 4 is 12.3 Å². The summed E-state index contributed by atoms with van der Waals surface area (Å²) in [6, 6.07) is 0. The Hall–Kier alpha value is -0.263. The van der Waals surface area contributed by atoms with E-state index in [1.165, 1.54) is 0 Å². The third-order valence-electron chi connectivity index (χ3n) is 0.431. The maximum atomic E-state index is 9.89. The van der Waals surface area contributed by atoms with E-state index in [0.29, 0.717) is 0 Å². The monoisotopic (exact) mass is 91.0 g/mol. The Bertz CT molecular complexity index is 101. The summed E-state index contributed by atoms with van der Waals surface area (Å²) < 4.78 is 4.29. The van der Waals surface area contributed by atoms with Gasteiger partial charge >= 0.3 is 18.9 Å². The van der Waals surface area contributed by atoms with E-state index in [0.717, 1.165) is 0 Å². The second-order valence-electron chi connectivity index (χ2n) is 0.886. The maximum absolute atomic E-state index is 9.89. The van der Waals surface area contributed by atoms with Crippen LogP contribution in [0.2, 0.25) is 0 Å². The Morgan fingerprint density at radius 2 is 2.57 bits per heavy atom. The van der Waals surface area contributed by atoms with Crippen molar-refractivity contribution < 1.29 is 28.4 Å². The largest absolute Gasteiger partial charge is 1.00 e. The van der Waals surface area contributed by atoms with Crippen molar-refractivity contribution in [2.75, 3.05) is 6.61 Å². The minimum Gasteiger partial charge on any atom is -0.581 e. The summed E-state index contributed by atoms with van der Waals surface area (Å²) in [6.45, 7) is 0.0694. The number of nitrogens with zero attached hydrogens (tertiary/aromatic N) is 1. The number of aliphatic imine (C=N–C) groups is 1. The molecule has 1 heterocycles. The molecule has 0 atom stereocenters. The van der Waals surface area contributed by atoms with Gasteiger partial charge in [0.2, 0.25) is 0 Å². The molecule has 0 aliphatic carbocycles. The van der Waals surface area contributed by atoms with Crippen LogP contribution in [-0.4, -0.2) is 18.9 Å². The van der Waals surface area contributed by atoms with Crippen molar-refractivity contribution in [3.63, 3.8) is 0 Å². The number of hydrogen-bond acceptors (Lipinski definition) is 2. The fourth-order valence-electron chi connectivity index (χ4n) is 0.209. The molecule has 0 aromatic heterocycles. The Morgan fingerprint density at radius 3 is 2.71 bits per heavy atom. The quantitative estimate of drug-likeness (QED) is 0.229. The van der Waals surface area contributed by atoms with Crippen molar-refractivity contribution in [3.05, 3.63) is 0 Å². The molecule has 32 valence electrons. The van der Waals surface area contributed by atoms with Crippen LogP contribution in [-0.2, 0) is 9.53 Å². The van der Waals surface area contributed by atoms with E-state index < -0.39 is 0 Å². The van der Waals surface area contributed by atoms with Crippen molar-refractivity contribution in [1.82, 2.24) is 0 Å². The molecule has 0 N–H and O–H groups in total. The molecule has 0 saturated carbocycles. The van der Waals surface area contributed by atoms with Gasteiger partial charge < -0.3 is 14.5 Å². The predicted octanol–water partition coefficient (Wildman–Crippen LogP) is -3.55. The van der Waals surface area contributed by atoms with E-state index in [9.17, 15) is 4.79 Å². The minimum atomic E-state index is -0.255. The summed E-state index contributed by atoms with van der Waals surface area (Å²) in [5, 5.41) is 0. The van der Waals surface area contributed by atoms with E-state index in [1.807, 2.05) is 6.40 Å². The third kappa shape index (κ3) is 1.77. The van der Waals surface area contributed by atoms with Crippen molar-refractivity contribution in [1.29, 1.82) is 0 Å². The number of carbonyl (C=O) groups excluding carboxylic acids is 1. The molecule has 1 aliphatic rings. The van der Waals surface area contributed by atoms with Gasteiger partial charge in [-0.25, -0.2) is 0 Å². The zero-order valence-electron chi connectivity index (χ0n) is 3.97. The van der Waals surface area contributed by atoms with E-state index >= 15 is 0 Å². The SMILES string of the molecule is O=C1CO[C-]=N1.[Li+]. The zero-order valence-corrected chi connectivity index (χ0v) is 3.97. The summed E-state index contributed by atoms with van der Waals surface area (Å²) in [7, 11) is 0. The van der Waals surface area contributed by atoms with E-state index in [2.05, 4.69) is 9.73 Å². The molecule has 0 bridgehead atoms. The summed E-state index contributed by atoms with van der Waals surface area (Å²) in [5.41, 5.74) is 0. The van der Waals surface area contributed by atoms with Gasteiger partial charge in [-0.3, -0.25) is 0 Å². The molecule has 7 heavy (non-hydrogen) atoms. The summed E-state index contributed by atoms with van der Waals surface area (Å²) in [6.07, 6.45) is 2.05. The van der Waals surface area contributed by atoms with Gasteiger partial charge in [0.25, 0.3) is 0 Å². The average Bonchev–Trinajstić information content (AvgIpc) is 1.86. The predicted molar refractivity (Wildman–Crippen MR) is 18.4 cm³/mol. The molecule has 0 aromatic rings. The topological polar surface area (TPSA) is 38.7 Å². The Labute approximate surface area is 52.9 Å². The standard InChI is InChI=1S/C3H2NO2.Li/c5-3-1-6-2-4-3;/h1H2;/q-1;+1. The number of carbonyl (C=O) groups is 1. The summed E-state index contributed by atoms with van der Waals surface area (Å²) in [4.78, 5) is 13.0. The van der Waals surface area contributed by atoms with Gasteiger partial charge in [0.15, 0.2) is 0 Å². The number of ether oxygens (including phenoxy) is 1. The smallest absolute Gasteiger partial charge is 0.581 e. The van der Waals surface area contributed by atoms with Crippen LogP contribution in [0.5, 0.6) is 0 Å². The maximum Gasteiger partial charge on any atom is 1.00 e. The summed E-state index contributed by atoms with van der Waals surface area (Å²) in [5.74, 6) is -0.255. The molecule has 0 spiro atoms. The van der Waals surface area contributed by atoms with Crippen LogP contribution in [0.25, 0.3) is 0 Å². The second kappa shape index (κ2) is 2.84. The van der Waals surface area contributed by atoms with Gasteiger partial charge in [-0.1, -0.05) is 0 Å². The van der Waals surface area contributed by atoms with Gasteiger partial charge in [0, 0.05) is 6.40 Å². The van der Waals surface area contributed by atoms with Crippen molar-refractivity contribution in [3.8, 4) is 0 Å². The molecule has 0 saturated heterocycles. The van der Waals surface area contributed by atoms with Crippen LogP contribution in [0.15, 0.2) is 4.99 Å². The molecule has 0 aromatic carbocycles. The van der Waals surface area contributed by atoms with Crippen LogP contribution in [0.3, 0.4) is 0 Å². The molecule has 1 rings (SSSR count). The molecule has 0 fully saturated rings. The van der Waals surface area contributed by atoms with Crippen molar-refractivity contribution in [2.45, 2.75) is 0 Å². The molecule has 1 aliphatic heterocycles. The van der Waals surface area contributed by atoms with Gasteiger partial charge in [-0.05, 0) is 0 Å². The fourth-order valence-corrected chi connectivity index (χ4v) is 0.209. The van der Waals surface area contributed by atoms with Crippen LogP contribution in [0.1, 0.15) is 0 Å². The molecule has 4 heteroatoms. The summed E-state index contributed by atoms with van der Waals surface area (Å²) >= 11 is 0. The Morgan fingerprint density at radius 1 is 1.86 bits per heavy atom. The van der Waals surface area contributed by atoms with Gasteiger partial charge in [0.05, 0.1) is 6.61 Å². The normalized spacial score (nSPS) is 15.7. The first-order chi connectivity index (χ1) is 2.89. The molecule has 0 unspecified atom stereocenters. The average molecular weight is 91.0 g/mol. The van der Waals surface area contributed by atoms with Crippen LogP contribution in [0, 0.1) is 0 Å². The number of hydrogen-bond donors (Lipinski definition) is 0. The fraction of sp³-hybridized carbons (Fsp3) is 0.333. The van der Waals surface area contributed by atoms with E-state index in [4.69, 9.17) is 0 Å². The third-order valence-corrected chi connectivity index (χ3v) is 0.431. The molecule has 0 radical (unpaired) electrons. The van der Waals surface area contributed by atoms with Crippen LogP contribution < -0.4 is 18.9 Å². The van der Waals surface area contributed by atoms with Crippen LogP contribution in [0.4, 0.5) is 0 Å². The first kappa shape index (κ1) is 6.74. The molecule has 3 nitrogen and oxygen atoms in total. The van der Waals surface area contributed by atoms with Gasteiger partial charge in [0.1, 0.15) is 5.91 Å². The molecule has 1 amide bonds.